The van der Waals surface area contributed by atoms with Crippen molar-refractivity contribution >= 4 is 16.8 Å². The Bertz CT molecular complexity index is 772. The van der Waals surface area contributed by atoms with Crippen molar-refractivity contribution in [1.29, 1.82) is 0 Å². The Labute approximate surface area is 134 Å². The Kier molecular flexibility index (Phi) is 4.38. The van der Waals surface area contributed by atoms with Crippen molar-refractivity contribution in [2.45, 2.75) is 25.9 Å². The van der Waals surface area contributed by atoms with Gasteiger partial charge in [-0.05, 0) is 26.1 Å². The third-order valence-corrected chi connectivity index (χ3v) is 4.32. The number of carbonyl (C=O) groups is 1. The number of rotatable bonds is 3. The molecule has 1 aliphatic heterocycles. The van der Waals surface area contributed by atoms with Crippen LogP contribution in [0.5, 0.6) is 0 Å². The van der Waals surface area contributed by atoms with E-state index < -0.39 is 0 Å². The van der Waals surface area contributed by atoms with Gasteiger partial charge in [-0.15, -0.1) is 5.10 Å². The first-order valence-corrected chi connectivity index (χ1v) is 7.87. The first-order chi connectivity index (χ1) is 11.1. The molecule has 0 N–H and O–H groups in total. The molecule has 122 valence electrons. The van der Waals surface area contributed by atoms with Gasteiger partial charge in [0.1, 0.15) is 5.52 Å². The van der Waals surface area contributed by atoms with E-state index in [9.17, 15) is 9.59 Å². The number of carbonyl (C=O) groups excluding carboxylic acids is 1. The smallest absolute Gasteiger partial charge is 0.277 e. The Balaban J connectivity index is 1.70. The van der Waals surface area contributed by atoms with Gasteiger partial charge in [0.15, 0.2) is 0 Å². The van der Waals surface area contributed by atoms with E-state index in [1.807, 2.05) is 11.0 Å². The van der Waals surface area contributed by atoms with E-state index in [0.29, 0.717) is 10.9 Å². The van der Waals surface area contributed by atoms with Gasteiger partial charge in [0.05, 0.1) is 11.9 Å². The molecule has 1 aromatic carbocycles. The third kappa shape index (κ3) is 3.24. The minimum absolute atomic E-state index is 0.0625. The maximum absolute atomic E-state index is 12.4. The lowest BCUT2D eigenvalue weighted by molar-refractivity contribution is -0.135. The first kappa shape index (κ1) is 15.6. The highest BCUT2D eigenvalue weighted by atomic mass is 16.2. The van der Waals surface area contributed by atoms with Crippen molar-refractivity contribution in [3.8, 4) is 0 Å². The zero-order valence-electron chi connectivity index (χ0n) is 13.5. The summed E-state index contributed by atoms with van der Waals surface area (Å²) in [4.78, 5) is 28.9. The van der Waals surface area contributed by atoms with Gasteiger partial charge in [-0.25, -0.2) is 4.68 Å². The monoisotopic (exact) mass is 315 g/mol. The fourth-order valence-corrected chi connectivity index (χ4v) is 3.03. The highest BCUT2D eigenvalue weighted by molar-refractivity contribution is 5.77. The summed E-state index contributed by atoms with van der Waals surface area (Å²) >= 11 is 0. The molecule has 1 fully saturated rings. The van der Waals surface area contributed by atoms with Gasteiger partial charge in [0, 0.05) is 32.1 Å². The Morgan fingerprint density at radius 3 is 2.87 bits per heavy atom. The fraction of sp³-hybridized carbons (Fsp3) is 0.500. The van der Waals surface area contributed by atoms with E-state index in [2.05, 4.69) is 29.2 Å². The number of amides is 1. The van der Waals surface area contributed by atoms with E-state index in [1.54, 1.807) is 18.2 Å². The van der Waals surface area contributed by atoms with Crippen molar-refractivity contribution < 1.29 is 4.79 Å². The average Bonchev–Trinajstić information content (AvgIpc) is 2.54. The fourth-order valence-electron chi connectivity index (χ4n) is 3.03. The van der Waals surface area contributed by atoms with E-state index in [-0.39, 0.29) is 30.5 Å². The molecule has 1 aromatic heterocycles. The number of fused-ring (bicyclic) bond motifs is 1. The number of hydrogen-bond acceptors (Lipinski definition) is 5. The van der Waals surface area contributed by atoms with Gasteiger partial charge >= 0.3 is 0 Å². The molecule has 1 amide bonds. The van der Waals surface area contributed by atoms with Crippen LogP contribution in [-0.4, -0.2) is 63.4 Å². The normalized spacial score (nSPS) is 19.2. The summed E-state index contributed by atoms with van der Waals surface area (Å²) in [6.07, 6.45) is 0.265. The van der Waals surface area contributed by atoms with E-state index in [1.165, 1.54) is 4.68 Å². The number of hydrogen-bond donors (Lipinski definition) is 0. The van der Waals surface area contributed by atoms with Gasteiger partial charge in [0.2, 0.25) is 5.91 Å². The molecule has 2 heterocycles. The molecule has 0 radical (unpaired) electrons. The van der Waals surface area contributed by atoms with Crippen molar-refractivity contribution in [1.82, 2.24) is 24.8 Å². The second kappa shape index (κ2) is 6.45. The van der Waals surface area contributed by atoms with Crippen LogP contribution in [0.4, 0.5) is 0 Å². The Morgan fingerprint density at radius 1 is 1.30 bits per heavy atom. The van der Waals surface area contributed by atoms with E-state index >= 15 is 0 Å². The molecule has 1 atom stereocenters. The van der Waals surface area contributed by atoms with E-state index in [4.69, 9.17) is 0 Å². The first-order valence-electron chi connectivity index (χ1n) is 7.87. The second-order valence-electron chi connectivity index (χ2n) is 6.08. The third-order valence-electron chi connectivity index (χ3n) is 4.32. The molecule has 2 aromatic rings. The Hall–Kier alpha value is -2.28. The van der Waals surface area contributed by atoms with Crippen molar-refractivity contribution in [2.24, 2.45) is 0 Å². The van der Waals surface area contributed by atoms with Gasteiger partial charge in [0.25, 0.3) is 5.56 Å². The molecule has 23 heavy (non-hydrogen) atoms. The van der Waals surface area contributed by atoms with Crippen LogP contribution in [0.1, 0.15) is 13.3 Å². The number of piperazine rings is 1. The predicted molar refractivity (Wildman–Crippen MR) is 87.1 cm³/mol. The van der Waals surface area contributed by atoms with Gasteiger partial charge in [-0.3, -0.25) is 9.59 Å². The summed E-state index contributed by atoms with van der Waals surface area (Å²) in [5.41, 5.74) is 0.377. The van der Waals surface area contributed by atoms with Gasteiger partial charge < -0.3 is 9.80 Å². The lowest BCUT2D eigenvalue weighted by Gasteiger charge is -2.38. The maximum atomic E-state index is 12.4. The minimum Gasteiger partial charge on any atom is -0.337 e. The molecule has 0 unspecified atom stereocenters. The SMILES string of the molecule is C[C@H]1CN(C)CCN1C(=O)CCn1nnc2ccccc2c1=O. The van der Waals surface area contributed by atoms with Crippen LogP contribution in [0.15, 0.2) is 29.1 Å². The average molecular weight is 315 g/mol. The quantitative estimate of drug-likeness (QED) is 0.817. The summed E-state index contributed by atoms with van der Waals surface area (Å²) in [5.74, 6) is 0.0625. The summed E-state index contributed by atoms with van der Waals surface area (Å²) in [7, 11) is 2.06. The molecule has 0 bridgehead atoms. The van der Waals surface area contributed by atoms with Crippen LogP contribution >= 0.6 is 0 Å². The maximum Gasteiger partial charge on any atom is 0.277 e. The molecule has 3 rings (SSSR count). The highest BCUT2D eigenvalue weighted by Crippen LogP contribution is 2.10. The summed E-state index contributed by atoms with van der Waals surface area (Å²) in [6, 6.07) is 7.30. The number of nitrogens with zero attached hydrogens (tertiary/aromatic N) is 5. The van der Waals surface area contributed by atoms with Crippen LogP contribution < -0.4 is 5.56 Å². The van der Waals surface area contributed by atoms with Gasteiger partial charge in [-0.2, -0.15) is 0 Å². The zero-order valence-corrected chi connectivity index (χ0v) is 13.5. The lowest BCUT2D eigenvalue weighted by atomic mass is 10.2. The summed E-state index contributed by atoms with van der Waals surface area (Å²) in [6.45, 7) is 4.80. The summed E-state index contributed by atoms with van der Waals surface area (Å²) < 4.78 is 1.28. The molecule has 0 aliphatic carbocycles. The number of aryl methyl sites for hydroxylation is 1. The van der Waals surface area contributed by atoms with E-state index in [0.717, 1.165) is 19.6 Å². The number of likely N-dealkylation sites (N-methyl/N-ethyl adjacent to an activating group) is 1. The van der Waals surface area contributed by atoms with Crippen LogP contribution in [0.2, 0.25) is 0 Å². The topological polar surface area (TPSA) is 71.3 Å². The molecule has 0 spiro atoms. The predicted octanol–water partition coefficient (Wildman–Crippen LogP) is 0.344. The van der Waals surface area contributed by atoms with Crippen molar-refractivity contribution in [2.75, 3.05) is 26.7 Å². The lowest BCUT2D eigenvalue weighted by Crippen LogP contribution is -2.52. The van der Waals surface area contributed by atoms with Crippen molar-refractivity contribution in [3.63, 3.8) is 0 Å². The molecule has 0 saturated carbocycles. The van der Waals surface area contributed by atoms with Crippen LogP contribution in [0, 0.1) is 0 Å². The van der Waals surface area contributed by atoms with Gasteiger partial charge in [-0.1, -0.05) is 17.3 Å². The molecular weight excluding hydrogens is 294 g/mol. The van der Waals surface area contributed by atoms with Crippen LogP contribution in [-0.2, 0) is 11.3 Å². The number of benzene rings is 1. The zero-order chi connectivity index (χ0) is 16.4. The molecule has 1 aliphatic rings. The van der Waals surface area contributed by atoms with Crippen LogP contribution in [0.25, 0.3) is 10.9 Å². The standard InChI is InChI=1S/C16H21N5O2/c1-12-11-19(2)9-10-20(12)15(22)7-8-21-16(23)13-5-3-4-6-14(13)17-18-21/h3-6,12H,7-11H2,1-2H3/t12-/m0/s1. The molecule has 1 saturated heterocycles. The van der Waals surface area contributed by atoms with Crippen LogP contribution in [0.3, 0.4) is 0 Å². The Morgan fingerprint density at radius 2 is 2.09 bits per heavy atom. The molecular formula is C16H21N5O2. The minimum atomic E-state index is -0.199. The van der Waals surface area contributed by atoms with Crippen molar-refractivity contribution in [3.05, 3.63) is 34.6 Å². The number of aromatic nitrogens is 3. The molecule has 7 heteroatoms. The summed E-state index contributed by atoms with van der Waals surface area (Å²) in [5, 5.41) is 8.50. The largest absolute Gasteiger partial charge is 0.337 e. The highest BCUT2D eigenvalue weighted by Gasteiger charge is 2.25. The second-order valence-corrected chi connectivity index (χ2v) is 6.08. The molecule has 7 nitrogen and oxygen atoms in total.